The minimum atomic E-state index is -0.0224. The van der Waals surface area contributed by atoms with Gasteiger partial charge in [-0.2, -0.15) is 0 Å². The van der Waals surface area contributed by atoms with Gasteiger partial charge in [0.05, 0.1) is 18.7 Å². The monoisotopic (exact) mass is 339 g/mol. The summed E-state index contributed by atoms with van der Waals surface area (Å²) in [5, 5.41) is 2.89. The highest BCUT2D eigenvalue weighted by molar-refractivity contribution is 5.79. The summed E-state index contributed by atoms with van der Waals surface area (Å²) in [6, 6.07) is 1.84. The van der Waals surface area contributed by atoms with Crippen LogP contribution in [0.3, 0.4) is 0 Å². The standard InChI is InChI=1S/C14H23N3O2.C3H6O2/c1-4-17(5-2)7-6-15-14(19)9-12-8-11(3)13(10-18)16-12;1-2-5-3-4/h8,10,16H,4-7,9H2,1-3H3,(H,15,19);3H,2H2,1H3. The van der Waals surface area contributed by atoms with E-state index in [-0.39, 0.29) is 12.3 Å². The first-order chi connectivity index (χ1) is 11.5. The number of hydrogen-bond acceptors (Lipinski definition) is 5. The molecule has 0 aliphatic heterocycles. The quantitative estimate of drug-likeness (QED) is 0.627. The lowest BCUT2D eigenvalue weighted by atomic mass is 10.2. The molecule has 1 aromatic heterocycles. The number of aromatic amines is 1. The predicted molar refractivity (Wildman–Crippen MR) is 93.1 cm³/mol. The molecular weight excluding hydrogens is 310 g/mol. The Labute approximate surface area is 143 Å². The van der Waals surface area contributed by atoms with Crippen LogP contribution in [0, 0.1) is 6.92 Å². The fourth-order valence-corrected chi connectivity index (χ4v) is 2.06. The van der Waals surface area contributed by atoms with Gasteiger partial charge in [0.1, 0.15) is 0 Å². The van der Waals surface area contributed by atoms with Crippen LogP contribution < -0.4 is 5.32 Å². The SMILES string of the molecule is CCN(CC)CCNC(=O)Cc1cc(C)c(C=O)[nH]1.CCOC=O. The maximum atomic E-state index is 11.7. The van der Waals surface area contributed by atoms with Crippen LogP contribution in [0.5, 0.6) is 0 Å². The molecule has 1 amide bonds. The molecule has 24 heavy (non-hydrogen) atoms. The fraction of sp³-hybridized carbons (Fsp3) is 0.588. The largest absolute Gasteiger partial charge is 0.468 e. The Morgan fingerprint density at radius 1 is 1.29 bits per heavy atom. The second-order valence-electron chi connectivity index (χ2n) is 5.11. The number of ether oxygens (including phenoxy) is 1. The Bertz CT molecular complexity index is 496. The molecule has 0 saturated carbocycles. The summed E-state index contributed by atoms with van der Waals surface area (Å²) in [5.74, 6) is -0.0224. The van der Waals surface area contributed by atoms with E-state index in [0.717, 1.165) is 37.2 Å². The van der Waals surface area contributed by atoms with Crippen LogP contribution in [0.25, 0.3) is 0 Å². The van der Waals surface area contributed by atoms with Gasteiger partial charge in [-0.25, -0.2) is 0 Å². The molecule has 1 heterocycles. The molecule has 1 rings (SSSR count). The average Bonchev–Trinajstić information content (AvgIpc) is 2.92. The summed E-state index contributed by atoms with van der Waals surface area (Å²) in [6.45, 7) is 12.2. The smallest absolute Gasteiger partial charge is 0.293 e. The van der Waals surface area contributed by atoms with Crippen molar-refractivity contribution in [2.75, 3.05) is 32.8 Å². The highest BCUT2D eigenvalue weighted by Crippen LogP contribution is 2.07. The highest BCUT2D eigenvalue weighted by Gasteiger charge is 2.08. The van der Waals surface area contributed by atoms with Gasteiger partial charge in [0, 0.05) is 18.8 Å². The number of hydrogen-bond donors (Lipinski definition) is 2. The van der Waals surface area contributed by atoms with Gasteiger partial charge in [-0.15, -0.1) is 0 Å². The number of likely N-dealkylation sites (N-methyl/N-ethyl adjacent to an activating group) is 1. The third-order valence-corrected chi connectivity index (χ3v) is 3.46. The third kappa shape index (κ3) is 9.09. The molecule has 0 bridgehead atoms. The van der Waals surface area contributed by atoms with E-state index in [9.17, 15) is 14.4 Å². The van der Waals surface area contributed by atoms with Crippen molar-refractivity contribution >= 4 is 18.7 Å². The zero-order valence-electron chi connectivity index (χ0n) is 15.1. The molecule has 0 unspecified atom stereocenters. The summed E-state index contributed by atoms with van der Waals surface area (Å²) >= 11 is 0. The van der Waals surface area contributed by atoms with Crippen LogP contribution in [0.1, 0.15) is 42.5 Å². The predicted octanol–water partition coefficient (Wildman–Crippen LogP) is 1.32. The molecular formula is C17H29N3O4. The van der Waals surface area contributed by atoms with Crippen LogP contribution in [0.4, 0.5) is 0 Å². The van der Waals surface area contributed by atoms with Crippen molar-refractivity contribution in [3.63, 3.8) is 0 Å². The lowest BCUT2D eigenvalue weighted by Crippen LogP contribution is -2.35. The molecule has 136 valence electrons. The number of aromatic nitrogens is 1. The van der Waals surface area contributed by atoms with Crippen LogP contribution in [-0.4, -0.2) is 61.3 Å². The topological polar surface area (TPSA) is 91.5 Å². The number of nitrogens with zero attached hydrogens (tertiary/aromatic N) is 1. The van der Waals surface area contributed by atoms with E-state index >= 15 is 0 Å². The minimum Gasteiger partial charge on any atom is -0.468 e. The van der Waals surface area contributed by atoms with Crippen molar-refractivity contribution in [3.8, 4) is 0 Å². The van der Waals surface area contributed by atoms with Crippen LogP contribution in [0.2, 0.25) is 0 Å². The van der Waals surface area contributed by atoms with Crippen molar-refractivity contribution in [2.45, 2.75) is 34.1 Å². The van der Waals surface area contributed by atoms with Crippen molar-refractivity contribution in [3.05, 3.63) is 23.0 Å². The van der Waals surface area contributed by atoms with Crippen molar-refractivity contribution < 1.29 is 19.1 Å². The summed E-state index contributed by atoms with van der Waals surface area (Å²) in [4.78, 5) is 36.8. The normalized spacial score (nSPS) is 9.88. The van der Waals surface area contributed by atoms with Gasteiger partial charge in [-0.05, 0) is 38.6 Å². The fourth-order valence-electron chi connectivity index (χ4n) is 2.06. The third-order valence-electron chi connectivity index (χ3n) is 3.46. The van der Waals surface area contributed by atoms with E-state index in [0.29, 0.717) is 25.3 Å². The van der Waals surface area contributed by atoms with E-state index in [4.69, 9.17) is 0 Å². The molecule has 0 aliphatic carbocycles. The summed E-state index contributed by atoms with van der Waals surface area (Å²) in [7, 11) is 0. The van der Waals surface area contributed by atoms with Gasteiger partial charge in [0.25, 0.3) is 6.47 Å². The van der Waals surface area contributed by atoms with Gasteiger partial charge in [0.15, 0.2) is 6.29 Å². The first-order valence-electron chi connectivity index (χ1n) is 8.20. The Kier molecular flexibility index (Phi) is 12.1. The molecule has 7 nitrogen and oxygen atoms in total. The summed E-state index contributed by atoms with van der Waals surface area (Å²) < 4.78 is 4.15. The number of rotatable bonds is 10. The maximum absolute atomic E-state index is 11.7. The lowest BCUT2D eigenvalue weighted by molar-refractivity contribution is -0.128. The highest BCUT2D eigenvalue weighted by atomic mass is 16.5. The van der Waals surface area contributed by atoms with Crippen LogP contribution in [-0.2, 0) is 20.7 Å². The van der Waals surface area contributed by atoms with Crippen molar-refractivity contribution in [1.82, 2.24) is 15.2 Å². The van der Waals surface area contributed by atoms with Gasteiger partial charge in [0.2, 0.25) is 5.91 Å². The molecule has 0 aromatic carbocycles. The Balaban J connectivity index is 0.000000922. The zero-order valence-corrected chi connectivity index (χ0v) is 15.1. The number of H-pyrrole nitrogens is 1. The maximum Gasteiger partial charge on any atom is 0.293 e. The second-order valence-corrected chi connectivity index (χ2v) is 5.11. The molecule has 7 heteroatoms. The molecule has 0 radical (unpaired) electrons. The molecule has 0 atom stereocenters. The number of carbonyl (C=O) groups is 3. The van der Waals surface area contributed by atoms with Crippen molar-refractivity contribution in [1.29, 1.82) is 0 Å². The Morgan fingerprint density at radius 3 is 2.38 bits per heavy atom. The Hall–Kier alpha value is -2.15. The minimum absolute atomic E-state index is 0.0224. The zero-order chi connectivity index (χ0) is 18.4. The summed E-state index contributed by atoms with van der Waals surface area (Å²) in [6.07, 6.45) is 1.06. The first-order valence-corrected chi connectivity index (χ1v) is 8.20. The number of carbonyl (C=O) groups excluding carboxylic acids is 3. The number of amides is 1. The number of nitrogens with one attached hydrogen (secondary N) is 2. The average molecular weight is 339 g/mol. The van der Waals surface area contributed by atoms with Crippen LogP contribution in [0.15, 0.2) is 6.07 Å². The molecule has 0 saturated heterocycles. The van der Waals surface area contributed by atoms with E-state index in [1.54, 1.807) is 6.92 Å². The van der Waals surface area contributed by atoms with E-state index < -0.39 is 0 Å². The van der Waals surface area contributed by atoms with E-state index in [1.165, 1.54) is 0 Å². The van der Waals surface area contributed by atoms with Crippen LogP contribution >= 0.6 is 0 Å². The molecule has 0 spiro atoms. The number of aldehydes is 1. The molecule has 2 N–H and O–H groups in total. The first kappa shape index (κ1) is 21.9. The molecule has 1 aromatic rings. The van der Waals surface area contributed by atoms with Gasteiger partial charge in [-0.3, -0.25) is 14.4 Å². The molecule has 0 fully saturated rings. The Morgan fingerprint density at radius 2 is 1.96 bits per heavy atom. The van der Waals surface area contributed by atoms with E-state index in [1.807, 2.05) is 13.0 Å². The van der Waals surface area contributed by atoms with E-state index in [2.05, 4.69) is 33.8 Å². The van der Waals surface area contributed by atoms with Crippen molar-refractivity contribution in [2.24, 2.45) is 0 Å². The van der Waals surface area contributed by atoms with Gasteiger partial charge >= 0.3 is 0 Å². The molecule has 0 aliphatic rings. The number of aryl methyl sites for hydroxylation is 1. The lowest BCUT2D eigenvalue weighted by Gasteiger charge is -2.17. The van der Waals surface area contributed by atoms with Gasteiger partial charge in [-0.1, -0.05) is 13.8 Å². The second kappa shape index (κ2) is 13.3. The summed E-state index contributed by atoms with van der Waals surface area (Å²) in [5.41, 5.74) is 2.20. The van der Waals surface area contributed by atoms with Gasteiger partial charge < -0.3 is 19.9 Å².